The molecule has 0 bridgehead atoms. The number of benzene rings is 5. The van der Waals surface area contributed by atoms with Gasteiger partial charge < -0.3 is 88.2 Å². The molecule has 0 aliphatic carbocycles. The number of hydrogen-bond donors (Lipinski definition) is 6. The molecule has 10 aromatic heterocycles. The van der Waals surface area contributed by atoms with Gasteiger partial charge in [0.05, 0.1) is 38.1 Å². The first-order valence-corrected chi connectivity index (χ1v) is 47.7. The van der Waals surface area contributed by atoms with Gasteiger partial charge >= 0.3 is 11.9 Å². The Morgan fingerprint density at radius 3 is 1.01 bits per heavy atom. The third-order valence-corrected chi connectivity index (χ3v) is 28.0. The van der Waals surface area contributed by atoms with E-state index in [4.69, 9.17) is 10.5 Å². The zero-order chi connectivity index (χ0) is 96.2. The van der Waals surface area contributed by atoms with E-state index >= 15 is 0 Å². The number of carboxylic acid groups (broad SMARTS) is 1. The lowest BCUT2D eigenvalue weighted by molar-refractivity contribution is -0.157. The fourth-order valence-corrected chi connectivity index (χ4v) is 21.0. The Labute approximate surface area is 799 Å². The van der Waals surface area contributed by atoms with E-state index in [1.54, 1.807) is 80.2 Å². The Hall–Kier alpha value is -12.0. The zero-order valence-corrected chi connectivity index (χ0v) is 81.8. The fourth-order valence-electron chi connectivity index (χ4n) is 21.0. The monoisotopic (exact) mass is 1830 g/mol. The summed E-state index contributed by atoms with van der Waals surface area (Å²) in [4.78, 5) is 59.6. The lowest BCUT2D eigenvalue weighted by Gasteiger charge is -2.33. The van der Waals surface area contributed by atoms with E-state index in [9.17, 15) is 35.1 Å². The summed E-state index contributed by atoms with van der Waals surface area (Å²) in [6.45, 7) is 28.8. The molecule has 25 nitrogen and oxygen atoms in total. The molecule has 0 spiro atoms. The second-order valence-electron chi connectivity index (χ2n) is 40.1. The van der Waals surface area contributed by atoms with Gasteiger partial charge in [-0.25, -0.2) is 0 Å². The van der Waals surface area contributed by atoms with E-state index in [0.717, 1.165) is 131 Å². The summed E-state index contributed by atoms with van der Waals surface area (Å²) in [5.74, 6) is -1.96. The molecular weight excluding hydrogens is 1700 g/mol. The first-order valence-electron chi connectivity index (χ1n) is 47.7. The van der Waals surface area contributed by atoms with Crippen molar-refractivity contribution >= 4 is 66.5 Å². The molecular formula is C111H135N17O8. The van der Waals surface area contributed by atoms with Crippen LogP contribution in [0.3, 0.4) is 0 Å². The number of nitrogens with zero attached hydrogens (tertiary/aromatic N) is 16. The summed E-state index contributed by atoms with van der Waals surface area (Å²) >= 11 is 0. The van der Waals surface area contributed by atoms with Gasteiger partial charge in [0.25, 0.3) is 0 Å². The maximum absolute atomic E-state index is 13.2. The number of aliphatic hydroxyl groups excluding tert-OH is 1. The molecule has 7 N–H and O–H groups in total. The molecule has 5 unspecified atom stereocenters. The normalized spacial score (nSPS) is 16.6. The topological polar surface area (TPSA) is 279 Å². The third-order valence-electron chi connectivity index (χ3n) is 28.0. The summed E-state index contributed by atoms with van der Waals surface area (Å²) < 4.78 is 17.2. The Bertz CT molecular complexity index is 6590. The van der Waals surface area contributed by atoms with Gasteiger partial charge in [0, 0.05) is 280 Å². The third kappa shape index (κ3) is 21.1. The highest BCUT2D eigenvalue weighted by molar-refractivity contribution is 5.91. The maximum atomic E-state index is 13.2. The largest absolute Gasteiger partial charge is 0.481 e. The number of carbonyl (C=O) groups is 2. The predicted molar refractivity (Wildman–Crippen MR) is 540 cm³/mol. The summed E-state index contributed by atoms with van der Waals surface area (Å²) in [5.41, 5.74) is 31.6. The molecule has 5 aliphatic rings. The number of aliphatic carboxylic acids is 1. The van der Waals surface area contributed by atoms with Crippen molar-refractivity contribution in [2.45, 2.75) is 187 Å². The van der Waals surface area contributed by atoms with Crippen LogP contribution >= 0.6 is 0 Å². The quantitative estimate of drug-likeness (QED) is 0.0365. The molecule has 0 fully saturated rings. The standard InChI is InChI=1S/C25H31N3O2.C23H30N4O.C21H26N4O.C21H23N3O2.C21H25N3O2/c1-17-6-7-22-19(14-17)21-15-27(5)13-10-23(21)28(22)16-20(18-8-11-26-12-9-18)24(29)30-25(2,3)4;1-17-5-6-21-19(13-17)20-14-26(4)12-9-22(20)27(21)16-23(28,15-25(2)3)18-7-10-24-11-8-18;1-15-5-6-19-17(10-15)18-12-24(2)9-7-20(18)25(19)14-21(26,13-22)16-4-3-8-23-11-16;1-14-3-4-19-16(11-14)18-12-23(2)10-7-20(18)24(19)13-17(21(25)26)15-5-8-22-9-6-15;1-15-5-6-19-17(10-15)18-12-23(2)9-7-20(18)24(19)13-21(26,14-25)16-4-3-8-22-11-16/h6-9,11-12,14,20H,10,13,15-16H2,1-5H3;5-8,10-11,13,28H,9,12,14-16H2,1-4H3;3-6,8,10-11,26H,7,9,12-14,22H2,1-2H3;3-6,8-9,11,17H,7,10,12-13H2,1-2H3,(H,25,26);3-6,8,10-11,25-26H,7,9,12-14H2,1-2H3. The van der Waals surface area contributed by atoms with Gasteiger partial charge in [-0.3, -0.25) is 34.5 Å². The van der Waals surface area contributed by atoms with Gasteiger partial charge in [0.15, 0.2) is 0 Å². The highest BCUT2D eigenvalue weighted by Gasteiger charge is 2.39. The number of aliphatic hydroxyl groups is 4. The molecule has 136 heavy (non-hydrogen) atoms. The van der Waals surface area contributed by atoms with Crippen molar-refractivity contribution in [1.29, 1.82) is 0 Å². The van der Waals surface area contributed by atoms with Crippen molar-refractivity contribution in [3.05, 3.63) is 326 Å². The van der Waals surface area contributed by atoms with E-state index in [-0.39, 0.29) is 25.0 Å². The van der Waals surface area contributed by atoms with Gasteiger partial charge in [-0.15, -0.1) is 0 Å². The van der Waals surface area contributed by atoms with Crippen molar-refractivity contribution in [2.24, 2.45) is 5.73 Å². The fraction of sp³-hybridized carbons (Fsp3) is 0.396. The molecule has 25 heteroatoms. The number of carbonyl (C=O) groups excluding carboxylic acids is 1. The molecule has 5 atom stereocenters. The highest BCUT2D eigenvalue weighted by Crippen LogP contribution is 2.42. The average Bonchev–Trinajstić information content (AvgIpc) is 1.65. The van der Waals surface area contributed by atoms with Crippen molar-refractivity contribution in [3.8, 4) is 0 Å². The predicted octanol–water partition coefficient (Wildman–Crippen LogP) is 14.8. The maximum Gasteiger partial charge on any atom is 0.315 e. The smallest absolute Gasteiger partial charge is 0.315 e. The van der Waals surface area contributed by atoms with E-state index in [1.807, 2.05) is 77.3 Å². The molecule has 15 aromatic rings. The van der Waals surface area contributed by atoms with Gasteiger partial charge in [-0.2, -0.15) is 0 Å². The van der Waals surface area contributed by atoms with E-state index in [0.29, 0.717) is 44.8 Å². The van der Waals surface area contributed by atoms with Crippen LogP contribution in [0.5, 0.6) is 0 Å². The summed E-state index contributed by atoms with van der Waals surface area (Å²) in [6, 6.07) is 51.5. The van der Waals surface area contributed by atoms with Gasteiger partial charge in [-0.1, -0.05) is 70.3 Å². The van der Waals surface area contributed by atoms with Crippen LogP contribution in [0.1, 0.15) is 145 Å². The van der Waals surface area contributed by atoms with Crippen LogP contribution in [0, 0.1) is 34.6 Å². The number of aromatic nitrogens is 10. The summed E-state index contributed by atoms with van der Waals surface area (Å²) in [5, 5.41) is 60.6. The molecule has 15 heterocycles. The van der Waals surface area contributed by atoms with Crippen LogP contribution in [-0.2, 0) is 129 Å². The van der Waals surface area contributed by atoms with Crippen LogP contribution in [0.25, 0.3) is 54.5 Å². The van der Waals surface area contributed by atoms with Crippen molar-refractivity contribution in [2.75, 3.05) is 102 Å². The number of ether oxygens (including phenoxy) is 1. The summed E-state index contributed by atoms with van der Waals surface area (Å²) in [7, 11) is 14.8. The number of carboxylic acids is 1. The number of pyridine rings is 5. The number of esters is 1. The molecule has 0 saturated carbocycles. The van der Waals surface area contributed by atoms with Gasteiger partial charge in [0.2, 0.25) is 0 Å². The van der Waals surface area contributed by atoms with Crippen LogP contribution < -0.4 is 5.73 Å². The number of likely N-dealkylation sites (N-methyl/N-ethyl adjacent to an activating group) is 6. The number of rotatable bonds is 21. The van der Waals surface area contributed by atoms with Crippen molar-refractivity contribution < 1.29 is 39.9 Å². The molecule has 5 aromatic carbocycles. The highest BCUT2D eigenvalue weighted by atomic mass is 16.6. The van der Waals surface area contributed by atoms with Crippen molar-refractivity contribution in [3.63, 3.8) is 0 Å². The Balaban J connectivity index is 0.000000123. The van der Waals surface area contributed by atoms with E-state index in [2.05, 4.69) is 238 Å². The average molecular weight is 1840 g/mol. The van der Waals surface area contributed by atoms with E-state index < -0.39 is 34.3 Å². The lowest BCUT2D eigenvalue weighted by Crippen LogP contribution is -2.42. The SMILES string of the molecule is Cc1ccc2c(c1)c1c(n2CC(C(=O)O)c2ccncc2)CCN(C)C1.Cc1ccc2c(c1)c1c(n2CC(C(=O)OC(C)(C)C)c2ccncc2)CCN(C)C1.Cc1ccc2c(c1)c1c(n2CC(O)(CN(C)C)c2ccncc2)CCN(C)C1.Cc1ccc2c(c1)c1c(n2CC(O)(CN)c2cccnc2)CCN(C)C1.Cc1ccc2c(c1)c1c(n2CC(O)(CO)c2cccnc2)CCN(C)C1. The molecule has 0 radical (unpaired) electrons. The van der Waals surface area contributed by atoms with Gasteiger partial charge in [-0.05, 0) is 258 Å². The summed E-state index contributed by atoms with van der Waals surface area (Å²) in [6.07, 6.45) is 21.9. The minimum atomic E-state index is -1.36. The Morgan fingerprint density at radius 1 is 0.397 bits per heavy atom. The first kappa shape index (κ1) is 97.1. The Kier molecular flexibility index (Phi) is 29.4. The minimum absolute atomic E-state index is 0.152. The molecule has 0 saturated heterocycles. The molecule has 20 rings (SSSR count). The van der Waals surface area contributed by atoms with Crippen LogP contribution in [0.2, 0.25) is 0 Å². The zero-order valence-electron chi connectivity index (χ0n) is 81.8. The van der Waals surface area contributed by atoms with Crippen molar-refractivity contribution in [1.82, 2.24) is 77.2 Å². The number of fused-ring (bicyclic) bond motifs is 15. The molecule has 5 aliphatic heterocycles. The lowest BCUT2D eigenvalue weighted by atomic mass is 9.93. The molecule has 0 amide bonds. The van der Waals surface area contributed by atoms with E-state index in [1.165, 1.54) is 128 Å². The second-order valence-corrected chi connectivity index (χ2v) is 40.1. The minimum Gasteiger partial charge on any atom is -0.481 e. The molecule has 712 valence electrons. The van der Waals surface area contributed by atoms with Gasteiger partial charge in [0.1, 0.15) is 22.4 Å². The van der Waals surface area contributed by atoms with Crippen LogP contribution in [0.15, 0.2) is 214 Å². The number of aryl methyl sites for hydroxylation is 5. The second kappa shape index (κ2) is 41.2. The number of hydrogen-bond acceptors (Lipinski definition) is 19. The van der Waals surface area contributed by atoms with Crippen LogP contribution in [0.4, 0.5) is 0 Å². The first-order chi connectivity index (χ1) is 65.2. The Morgan fingerprint density at radius 2 is 0.699 bits per heavy atom. The number of nitrogens with two attached hydrogens (primary N) is 1. The van der Waals surface area contributed by atoms with Crippen LogP contribution in [-0.4, -0.2) is 222 Å².